The van der Waals surface area contributed by atoms with Crippen molar-refractivity contribution in [1.82, 2.24) is 5.32 Å². The normalized spacial score (nSPS) is 14.5. The van der Waals surface area contributed by atoms with Crippen LogP contribution in [-0.2, 0) is 9.59 Å². The van der Waals surface area contributed by atoms with Crippen LogP contribution in [0.5, 0.6) is 17.2 Å². The van der Waals surface area contributed by atoms with Gasteiger partial charge >= 0.3 is 6.03 Å². The first-order chi connectivity index (χ1) is 18.3. The third-order valence-electron chi connectivity index (χ3n) is 5.57. The van der Waals surface area contributed by atoms with Crippen molar-refractivity contribution >= 4 is 57.1 Å². The quantitative estimate of drug-likeness (QED) is 0.186. The monoisotopic (exact) mass is 598 g/mol. The molecule has 0 unspecified atom stereocenters. The highest BCUT2D eigenvalue weighted by Crippen LogP contribution is 2.37. The number of urea groups is 1. The van der Waals surface area contributed by atoms with Crippen molar-refractivity contribution in [2.24, 2.45) is 0 Å². The minimum atomic E-state index is -0.829. The lowest BCUT2D eigenvalue weighted by Crippen LogP contribution is -2.54. The van der Waals surface area contributed by atoms with Gasteiger partial charge in [0.2, 0.25) is 0 Å². The summed E-state index contributed by atoms with van der Waals surface area (Å²) in [5.74, 6) is -0.126. The molecule has 0 spiro atoms. The number of halogens is 2. The predicted molar refractivity (Wildman–Crippen MR) is 148 cm³/mol. The van der Waals surface area contributed by atoms with E-state index in [1.54, 1.807) is 36.4 Å². The number of hydrogen-bond acceptors (Lipinski definition) is 6. The summed E-state index contributed by atoms with van der Waals surface area (Å²) in [6.07, 6.45) is 1.96. The molecule has 1 heterocycles. The zero-order valence-electron chi connectivity index (χ0n) is 20.6. The molecule has 1 aliphatic heterocycles. The number of carbonyl (C=O) groups excluding carboxylic acids is 3. The number of hydrogen-bond donors (Lipinski definition) is 1. The van der Waals surface area contributed by atoms with E-state index in [1.165, 1.54) is 13.2 Å². The zero-order chi connectivity index (χ0) is 27.2. The molecule has 1 N–H and O–H groups in total. The first-order valence-electron chi connectivity index (χ1n) is 11.6. The Morgan fingerprint density at radius 2 is 1.66 bits per heavy atom. The van der Waals surface area contributed by atoms with Gasteiger partial charge in [-0.15, -0.1) is 0 Å². The van der Waals surface area contributed by atoms with Crippen LogP contribution in [0.4, 0.5) is 10.5 Å². The molecule has 0 aliphatic carbocycles. The molecule has 3 aromatic carbocycles. The number of carbonyl (C=O) groups is 3. The Balaban J connectivity index is 1.47. The summed E-state index contributed by atoms with van der Waals surface area (Å²) in [4.78, 5) is 39.0. The standard InChI is InChI=1S/C28H24BrClN2O6/c1-17-4-10-21(11-5-17)37-12-3-13-38-25-23(30)15-18(16-24(25)36-2)14-22-26(33)31-28(35)32(27(22)34)20-8-6-19(29)7-9-20/h4-11,14-16H,3,12-13H2,1-2H3,(H,31,33,35)/b22-14-. The van der Waals surface area contributed by atoms with Crippen LogP contribution in [0.2, 0.25) is 5.02 Å². The molecule has 3 aromatic rings. The summed E-state index contributed by atoms with van der Waals surface area (Å²) >= 11 is 9.79. The topological polar surface area (TPSA) is 94.2 Å². The number of ether oxygens (including phenoxy) is 3. The number of imide groups is 2. The van der Waals surface area contributed by atoms with Crippen LogP contribution in [0.3, 0.4) is 0 Å². The molecule has 0 radical (unpaired) electrons. The molecule has 0 atom stereocenters. The fourth-order valence-corrected chi connectivity index (χ4v) is 4.21. The molecule has 8 nitrogen and oxygen atoms in total. The van der Waals surface area contributed by atoms with Crippen LogP contribution in [0.1, 0.15) is 17.5 Å². The van der Waals surface area contributed by atoms with Crippen molar-refractivity contribution in [2.75, 3.05) is 25.2 Å². The lowest BCUT2D eigenvalue weighted by molar-refractivity contribution is -0.122. The highest BCUT2D eigenvalue weighted by atomic mass is 79.9. The number of anilines is 1. The highest BCUT2D eigenvalue weighted by molar-refractivity contribution is 9.10. The first kappa shape index (κ1) is 27.2. The van der Waals surface area contributed by atoms with Crippen molar-refractivity contribution in [2.45, 2.75) is 13.3 Å². The Hall–Kier alpha value is -3.82. The fraction of sp³-hybridized carbons (Fsp3) is 0.179. The van der Waals surface area contributed by atoms with E-state index in [2.05, 4.69) is 21.2 Å². The summed E-state index contributed by atoms with van der Waals surface area (Å²) in [5, 5.41) is 2.43. The first-order valence-corrected chi connectivity index (χ1v) is 12.8. The third-order valence-corrected chi connectivity index (χ3v) is 6.38. The largest absolute Gasteiger partial charge is 0.493 e. The molecule has 196 valence electrons. The second-order valence-electron chi connectivity index (χ2n) is 8.33. The molecule has 38 heavy (non-hydrogen) atoms. The van der Waals surface area contributed by atoms with Gasteiger partial charge in [-0.25, -0.2) is 9.69 Å². The van der Waals surface area contributed by atoms with Crippen molar-refractivity contribution < 1.29 is 28.6 Å². The van der Waals surface area contributed by atoms with Crippen LogP contribution < -0.4 is 24.4 Å². The third kappa shape index (κ3) is 6.35. The number of nitrogens with one attached hydrogen (secondary N) is 1. The number of barbiturate groups is 1. The SMILES string of the molecule is COc1cc(/C=C2/C(=O)NC(=O)N(c3ccc(Br)cc3)C2=O)cc(Cl)c1OCCCOc1ccc(C)cc1. The number of amides is 4. The number of rotatable bonds is 9. The minimum absolute atomic E-state index is 0.229. The summed E-state index contributed by atoms with van der Waals surface area (Å²) in [5.41, 5.74) is 1.67. The van der Waals surface area contributed by atoms with E-state index in [0.29, 0.717) is 42.4 Å². The maximum absolute atomic E-state index is 13.1. The number of nitrogens with zero attached hydrogens (tertiary/aromatic N) is 1. The average molecular weight is 600 g/mol. The average Bonchev–Trinajstić information content (AvgIpc) is 2.89. The molecule has 10 heteroatoms. The predicted octanol–water partition coefficient (Wildman–Crippen LogP) is 5.93. The fourth-order valence-electron chi connectivity index (χ4n) is 3.67. The zero-order valence-corrected chi connectivity index (χ0v) is 23.0. The Labute approximate surface area is 233 Å². The van der Waals surface area contributed by atoms with Crippen LogP contribution in [0, 0.1) is 6.92 Å². The summed E-state index contributed by atoms with van der Waals surface area (Å²) in [7, 11) is 1.46. The summed E-state index contributed by atoms with van der Waals surface area (Å²) < 4.78 is 17.8. The smallest absolute Gasteiger partial charge is 0.335 e. The molecule has 4 amide bonds. The van der Waals surface area contributed by atoms with Crippen LogP contribution in [0.15, 0.2) is 70.7 Å². The molecule has 1 aliphatic rings. The molecule has 0 aromatic heterocycles. The molecule has 0 saturated carbocycles. The van der Waals surface area contributed by atoms with Gasteiger partial charge in [0.1, 0.15) is 11.3 Å². The van der Waals surface area contributed by atoms with Crippen LogP contribution >= 0.6 is 27.5 Å². The second kappa shape index (κ2) is 12.1. The van der Waals surface area contributed by atoms with E-state index in [-0.39, 0.29) is 10.6 Å². The van der Waals surface area contributed by atoms with Gasteiger partial charge in [-0.3, -0.25) is 14.9 Å². The van der Waals surface area contributed by atoms with E-state index < -0.39 is 17.8 Å². The molecular formula is C28H24BrClN2O6. The van der Waals surface area contributed by atoms with Gasteiger partial charge in [0, 0.05) is 10.9 Å². The van der Waals surface area contributed by atoms with Crippen LogP contribution in [0.25, 0.3) is 6.08 Å². The number of aryl methyl sites for hydroxylation is 1. The Kier molecular flexibility index (Phi) is 8.70. The van der Waals surface area contributed by atoms with E-state index >= 15 is 0 Å². The van der Waals surface area contributed by atoms with Gasteiger partial charge in [0.25, 0.3) is 11.8 Å². The summed E-state index contributed by atoms with van der Waals surface area (Å²) in [6.45, 7) is 2.79. The van der Waals surface area contributed by atoms with Gasteiger partial charge in [-0.1, -0.05) is 45.2 Å². The number of methoxy groups -OCH3 is 1. The van der Waals surface area contributed by atoms with Gasteiger partial charge in [-0.2, -0.15) is 0 Å². The van der Waals surface area contributed by atoms with Gasteiger partial charge in [0.15, 0.2) is 11.5 Å². The maximum Gasteiger partial charge on any atom is 0.335 e. The second-order valence-corrected chi connectivity index (χ2v) is 9.65. The van der Waals surface area contributed by atoms with Crippen molar-refractivity contribution in [3.63, 3.8) is 0 Å². The van der Waals surface area contributed by atoms with E-state index in [1.807, 2.05) is 31.2 Å². The van der Waals surface area contributed by atoms with Crippen LogP contribution in [-0.4, -0.2) is 38.2 Å². The molecule has 1 fully saturated rings. The van der Waals surface area contributed by atoms with Gasteiger partial charge < -0.3 is 14.2 Å². The minimum Gasteiger partial charge on any atom is -0.493 e. The van der Waals surface area contributed by atoms with Crippen molar-refractivity contribution in [3.05, 3.63) is 86.9 Å². The lowest BCUT2D eigenvalue weighted by Gasteiger charge is -2.26. The molecule has 0 bridgehead atoms. The van der Waals surface area contributed by atoms with Gasteiger partial charge in [0.05, 0.1) is 31.0 Å². The van der Waals surface area contributed by atoms with Crippen molar-refractivity contribution in [1.29, 1.82) is 0 Å². The van der Waals surface area contributed by atoms with E-state index in [4.69, 9.17) is 25.8 Å². The Bertz CT molecular complexity index is 1390. The summed E-state index contributed by atoms with van der Waals surface area (Å²) in [6, 6.07) is 16.7. The maximum atomic E-state index is 13.1. The van der Waals surface area contributed by atoms with Gasteiger partial charge in [-0.05, 0) is 67.1 Å². The molecule has 4 rings (SSSR count). The van der Waals surface area contributed by atoms with E-state index in [9.17, 15) is 14.4 Å². The molecule has 1 saturated heterocycles. The lowest BCUT2D eigenvalue weighted by atomic mass is 10.1. The van der Waals surface area contributed by atoms with E-state index in [0.717, 1.165) is 20.7 Å². The number of benzene rings is 3. The van der Waals surface area contributed by atoms with Crippen molar-refractivity contribution in [3.8, 4) is 17.2 Å². The highest BCUT2D eigenvalue weighted by Gasteiger charge is 2.36. The Morgan fingerprint density at radius 3 is 2.34 bits per heavy atom. The Morgan fingerprint density at radius 1 is 0.974 bits per heavy atom. The molecular weight excluding hydrogens is 576 g/mol.